The van der Waals surface area contributed by atoms with E-state index in [9.17, 15) is 4.79 Å². The molecular weight excluding hydrogens is 408 g/mol. The Bertz CT molecular complexity index is 959. The van der Waals surface area contributed by atoms with Gasteiger partial charge < -0.3 is 14.5 Å². The third-order valence-electron chi connectivity index (χ3n) is 3.97. The molecule has 6 nitrogen and oxygen atoms in total. The largest absolute Gasteiger partial charge is 0.462 e. The summed E-state index contributed by atoms with van der Waals surface area (Å²) in [5.74, 6) is 0.880. The van der Waals surface area contributed by atoms with Crippen molar-refractivity contribution >= 4 is 46.0 Å². The molecule has 2 heterocycles. The van der Waals surface area contributed by atoms with Crippen molar-refractivity contribution in [3.05, 3.63) is 82.9 Å². The number of carbonyl (C=O) groups excluding carboxylic acids is 1. The molecule has 0 unspecified atom stereocenters. The first kappa shape index (κ1) is 20.9. The lowest BCUT2D eigenvalue weighted by molar-refractivity contribution is -0.350. The summed E-state index contributed by atoms with van der Waals surface area (Å²) in [4.78, 5) is 24.6. The number of ether oxygens (including phenoxy) is 1. The fraction of sp³-hybridized carbons (Fsp3) is 0.143. The Kier molecular flexibility index (Phi) is 6.58. The number of allylic oxidation sites excluding steroid dienone is 5. The smallest absolute Gasteiger partial charge is 0.294 e. The minimum atomic E-state index is -0.401. The lowest BCUT2D eigenvalue weighted by Gasteiger charge is -2.14. The van der Waals surface area contributed by atoms with Crippen molar-refractivity contribution in [2.45, 2.75) is 6.92 Å². The Labute approximate surface area is 179 Å². The van der Waals surface area contributed by atoms with Crippen LogP contribution in [0.1, 0.15) is 12.5 Å². The number of carbonyl (C=O) groups is 1. The van der Waals surface area contributed by atoms with E-state index < -0.39 is 5.91 Å². The highest BCUT2D eigenvalue weighted by atomic mass is 32.2. The Hall–Kier alpha value is -2.81. The van der Waals surface area contributed by atoms with Gasteiger partial charge in [0.2, 0.25) is 0 Å². The molecular formula is C21H20N2O4S2. The maximum Gasteiger partial charge on any atom is 0.294 e. The molecule has 2 aliphatic heterocycles. The van der Waals surface area contributed by atoms with Crippen LogP contribution in [0, 0.1) is 0 Å². The van der Waals surface area contributed by atoms with Crippen molar-refractivity contribution in [2.24, 2.45) is 0 Å². The van der Waals surface area contributed by atoms with Crippen molar-refractivity contribution < 1.29 is 19.4 Å². The Morgan fingerprint density at radius 2 is 1.93 bits per heavy atom. The molecule has 2 aliphatic rings. The van der Waals surface area contributed by atoms with Crippen LogP contribution in [0.2, 0.25) is 0 Å². The second kappa shape index (κ2) is 9.13. The van der Waals surface area contributed by atoms with Crippen LogP contribution < -0.4 is 4.90 Å². The van der Waals surface area contributed by atoms with E-state index in [1.165, 1.54) is 0 Å². The van der Waals surface area contributed by atoms with Crippen molar-refractivity contribution in [1.29, 1.82) is 0 Å². The van der Waals surface area contributed by atoms with Gasteiger partial charge in [0.25, 0.3) is 5.91 Å². The van der Waals surface area contributed by atoms with E-state index in [1.807, 2.05) is 62.3 Å². The predicted octanol–water partition coefficient (Wildman–Crippen LogP) is 4.70. The summed E-state index contributed by atoms with van der Waals surface area (Å²) in [6.07, 6.45) is 8.45. The number of hydrogen-bond acceptors (Lipinski definition) is 7. The molecule has 1 saturated heterocycles. The number of hydrogen-bond donors (Lipinski definition) is 0. The minimum Gasteiger partial charge on any atom is -0.462 e. The van der Waals surface area contributed by atoms with Crippen molar-refractivity contribution in [1.82, 2.24) is 5.06 Å². The normalized spacial score (nSPS) is 19.2. The van der Waals surface area contributed by atoms with Gasteiger partial charge in [-0.25, -0.2) is 0 Å². The highest BCUT2D eigenvalue weighted by Crippen LogP contribution is 2.36. The maximum atomic E-state index is 12.6. The van der Waals surface area contributed by atoms with Gasteiger partial charge in [0.1, 0.15) is 17.8 Å². The fourth-order valence-corrected chi connectivity index (χ4v) is 3.74. The summed E-state index contributed by atoms with van der Waals surface area (Å²) < 4.78 is 6.01. The third-order valence-corrected chi connectivity index (χ3v) is 5.34. The van der Waals surface area contributed by atoms with Crippen molar-refractivity contribution in [2.75, 3.05) is 19.0 Å². The molecule has 0 saturated carbocycles. The molecule has 0 atom stereocenters. The first-order valence-corrected chi connectivity index (χ1v) is 9.89. The summed E-state index contributed by atoms with van der Waals surface area (Å²) >= 11 is 6.32. The van der Waals surface area contributed by atoms with E-state index in [-0.39, 0.29) is 4.32 Å². The molecule has 3 rings (SSSR count). The number of hydroxylamine groups is 2. The lowest BCUT2D eigenvalue weighted by Crippen LogP contribution is -2.27. The molecule has 0 aromatic heterocycles. The molecule has 1 aromatic rings. The maximum absolute atomic E-state index is 12.6. The zero-order chi connectivity index (χ0) is 21.0. The summed E-state index contributed by atoms with van der Waals surface area (Å²) in [6, 6.07) is 8.15. The van der Waals surface area contributed by atoms with Crippen LogP contribution in [-0.4, -0.2) is 29.4 Å². The minimum absolute atomic E-state index is 0.239. The lowest BCUT2D eigenvalue weighted by atomic mass is 10.1. The summed E-state index contributed by atoms with van der Waals surface area (Å²) in [5, 5.41) is 0.915. The number of rotatable bonds is 6. The monoisotopic (exact) mass is 428 g/mol. The quantitative estimate of drug-likeness (QED) is 0.214. The molecule has 1 amide bonds. The van der Waals surface area contributed by atoms with Crippen LogP contribution in [0.5, 0.6) is 0 Å². The average Bonchev–Trinajstić information content (AvgIpc) is 2.98. The van der Waals surface area contributed by atoms with Crippen molar-refractivity contribution in [3.8, 4) is 0 Å². The molecule has 0 N–H and O–H groups in total. The van der Waals surface area contributed by atoms with Gasteiger partial charge in [-0.05, 0) is 55.1 Å². The van der Waals surface area contributed by atoms with Crippen molar-refractivity contribution in [3.63, 3.8) is 0 Å². The summed E-state index contributed by atoms with van der Waals surface area (Å²) in [7, 11) is 4.00. The van der Waals surface area contributed by atoms with Gasteiger partial charge in [-0.15, -0.1) is 5.06 Å². The van der Waals surface area contributed by atoms with Crippen LogP contribution in [0.25, 0.3) is 6.08 Å². The molecule has 150 valence electrons. The van der Waals surface area contributed by atoms with Gasteiger partial charge in [-0.1, -0.05) is 41.5 Å². The predicted molar refractivity (Wildman–Crippen MR) is 119 cm³/mol. The van der Waals surface area contributed by atoms with E-state index in [1.54, 1.807) is 12.2 Å². The highest BCUT2D eigenvalue weighted by Gasteiger charge is 2.36. The number of nitrogens with zero attached hydrogens (tertiary/aromatic N) is 2. The molecule has 0 spiro atoms. The first-order valence-electron chi connectivity index (χ1n) is 8.67. The van der Waals surface area contributed by atoms with Gasteiger partial charge in [-0.3, -0.25) is 4.79 Å². The van der Waals surface area contributed by atoms with Crippen LogP contribution in [-0.2, 0) is 19.4 Å². The molecule has 1 fully saturated rings. The van der Waals surface area contributed by atoms with E-state index in [4.69, 9.17) is 21.9 Å². The second-order valence-corrected chi connectivity index (χ2v) is 7.96. The molecule has 0 aliphatic carbocycles. The molecule has 0 bridgehead atoms. The zero-order valence-electron chi connectivity index (χ0n) is 16.2. The van der Waals surface area contributed by atoms with E-state index in [0.717, 1.165) is 34.3 Å². The number of thioether (sulfide) groups is 1. The van der Waals surface area contributed by atoms with E-state index in [2.05, 4.69) is 11.5 Å². The van der Waals surface area contributed by atoms with Crippen LogP contribution in [0.4, 0.5) is 5.69 Å². The second-order valence-electron chi connectivity index (χ2n) is 6.31. The molecule has 29 heavy (non-hydrogen) atoms. The first-order chi connectivity index (χ1) is 13.9. The van der Waals surface area contributed by atoms with Gasteiger partial charge >= 0.3 is 0 Å². The number of anilines is 1. The van der Waals surface area contributed by atoms with Crippen LogP contribution in [0.15, 0.2) is 77.3 Å². The Morgan fingerprint density at radius 1 is 1.21 bits per heavy atom. The zero-order valence-corrected chi connectivity index (χ0v) is 17.9. The van der Waals surface area contributed by atoms with Crippen LogP contribution >= 0.6 is 24.0 Å². The fourth-order valence-electron chi connectivity index (χ4n) is 2.60. The van der Waals surface area contributed by atoms with Gasteiger partial charge in [0, 0.05) is 25.4 Å². The Balaban J connectivity index is 1.83. The van der Waals surface area contributed by atoms with E-state index in [0.29, 0.717) is 22.0 Å². The average molecular weight is 429 g/mol. The molecule has 8 heteroatoms. The van der Waals surface area contributed by atoms with E-state index >= 15 is 0 Å². The van der Waals surface area contributed by atoms with Gasteiger partial charge in [0.05, 0.1) is 4.91 Å². The number of amides is 1. The standard InChI is InChI=1S/C21H20N2O4S2/c1-5-25-27-23-20(24)19(29-21(23)28)16-12-14(2)26-18(13-16)11-8-15-6-9-17(10-7-15)22(3)4/h5-13H,1H2,2-4H3. The Morgan fingerprint density at radius 3 is 2.59 bits per heavy atom. The highest BCUT2D eigenvalue weighted by molar-refractivity contribution is 8.26. The summed E-state index contributed by atoms with van der Waals surface area (Å²) in [6.45, 7) is 5.19. The molecule has 0 radical (unpaired) electrons. The van der Waals surface area contributed by atoms with Crippen LogP contribution in [0.3, 0.4) is 0 Å². The van der Waals surface area contributed by atoms with Gasteiger partial charge in [0.15, 0.2) is 4.32 Å². The third kappa shape index (κ3) is 4.97. The number of thiocarbonyl (C=S) groups is 1. The number of benzene rings is 1. The van der Waals surface area contributed by atoms with Gasteiger partial charge in [-0.2, -0.15) is 0 Å². The molecule has 1 aromatic carbocycles. The topological polar surface area (TPSA) is 51.2 Å². The summed E-state index contributed by atoms with van der Waals surface area (Å²) in [5.41, 5.74) is 2.86. The SMILES string of the molecule is C=COON1C(=O)C(=C2C=C(C)OC(C=Cc3ccc(N(C)C)cc3)=C2)SC1=S.